The van der Waals surface area contributed by atoms with Crippen LogP contribution in [0.2, 0.25) is 0 Å². The smallest absolute Gasteiger partial charge is 0.456 e. The van der Waals surface area contributed by atoms with Crippen LogP contribution in [0.5, 0.6) is 0 Å². The van der Waals surface area contributed by atoms with Gasteiger partial charge in [-0.2, -0.15) is 24.9 Å². The van der Waals surface area contributed by atoms with E-state index in [4.69, 9.17) is 14.2 Å². The van der Waals surface area contributed by atoms with Gasteiger partial charge in [0.2, 0.25) is 0 Å². The highest BCUT2D eigenvalue weighted by Crippen LogP contribution is 2.37. The van der Waals surface area contributed by atoms with Gasteiger partial charge in [0.1, 0.15) is 12.4 Å². The number of hydrogen-bond donors (Lipinski definition) is 2. The van der Waals surface area contributed by atoms with Crippen LogP contribution in [0.4, 0.5) is 24.7 Å². The van der Waals surface area contributed by atoms with E-state index in [9.17, 15) is 37.7 Å². The molecule has 1 aromatic carbocycles. The second-order valence-corrected chi connectivity index (χ2v) is 10.5. The summed E-state index contributed by atoms with van der Waals surface area (Å²) in [7, 11) is 0. The van der Waals surface area contributed by atoms with Gasteiger partial charge in [-0.25, -0.2) is 15.0 Å². The highest BCUT2D eigenvalue weighted by Gasteiger charge is 2.50. The lowest BCUT2D eigenvalue weighted by atomic mass is 10.1. The molecule has 1 saturated heterocycles. The number of anilines is 1. The summed E-state index contributed by atoms with van der Waals surface area (Å²) in [5.74, 6) is -2.90. The summed E-state index contributed by atoms with van der Waals surface area (Å²) in [5.41, 5.74) is 1.28. The summed E-state index contributed by atoms with van der Waals surface area (Å²) < 4.78 is 55.9. The zero-order valence-electron chi connectivity index (χ0n) is 23.1. The number of carbonyl (C=O) groups is 3. The Hall–Kier alpha value is -4.52. The fourth-order valence-electron chi connectivity index (χ4n) is 4.34. The van der Waals surface area contributed by atoms with Gasteiger partial charge in [0.15, 0.2) is 35.4 Å². The van der Waals surface area contributed by atoms with E-state index in [0.29, 0.717) is 11.3 Å². The van der Waals surface area contributed by atoms with E-state index in [2.05, 4.69) is 20.3 Å². The highest BCUT2D eigenvalue weighted by atomic mass is 32.2. The Bertz CT molecular complexity index is 1520. The Morgan fingerprint density at radius 2 is 1.77 bits per heavy atom. The molecule has 0 aliphatic carbocycles. The maximum atomic E-state index is 12.4. The van der Waals surface area contributed by atoms with Crippen LogP contribution in [-0.2, 0) is 35.1 Å². The molecule has 15 nitrogen and oxygen atoms in total. The number of benzene rings is 1. The average molecular weight is 642 g/mol. The van der Waals surface area contributed by atoms with Crippen LogP contribution < -0.4 is 10.6 Å². The van der Waals surface area contributed by atoms with E-state index in [-0.39, 0.29) is 35.9 Å². The third-order valence-electron chi connectivity index (χ3n) is 6.20. The number of amides is 1. The quantitative estimate of drug-likeness (QED) is 0.127. The molecule has 0 unspecified atom stereocenters. The van der Waals surface area contributed by atoms with Gasteiger partial charge < -0.3 is 24.8 Å². The number of alkyl halides is 3. The number of fused-ring (bicyclic) bond motifs is 1. The predicted octanol–water partition coefficient (Wildman–Crippen LogP) is 2.52. The molecule has 19 heteroatoms. The van der Waals surface area contributed by atoms with Crippen molar-refractivity contribution in [2.24, 2.45) is 0 Å². The minimum Gasteiger partial charge on any atom is -0.456 e. The second-order valence-electron chi connectivity index (χ2n) is 9.37. The lowest BCUT2D eigenvalue weighted by molar-refractivity contribution is -0.384. The summed E-state index contributed by atoms with van der Waals surface area (Å²) >= 11 is 1.13. The molecule has 2 N–H and O–H groups in total. The topological polar surface area (TPSA) is 190 Å². The van der Waals surface area contributed by atoms with Crippen molar-refractivity contribution < 1.29 is 46.7 Å². The lowest BCUT2D eigenvalue weighted by Crippen LogP contribution is -2.40. The number of halogens is 3. The summed E-state index contributed by atoms with van der Waals surface area (Å²) in [6.45, 7) is 2.31. The standard InChI is InChI=1S/C25H26F3N7O8S/c1-13(36)41-19-17(10-44-8-7-29-24(38)25(26,27)28)43-23(20(19)42-14(2)37)34-12-33-18-21(31-11-32-22(18)34)30-9-15-3-5-16(6-4-15)35(39)40/h3-6,11-12,17,19-20,23H,7-10H2,1-2H3,(H,29,38)(H,30,31,32)/t17-,19-,20-,23-/m1/s1. The van der Waals surface area contributed by atoms with Gasteiger partial charge in [0.05, 0.1) is 11.3 Å². The van der Waals surface area contributed by atoms with E-state index in [1.165, 1.54) is 36.3 Å². The summed E-state index contributed by atoms with van der Waals surface area (Å²) in [6, 6.07) is 5.94. The number of nitrogens with one attached hydrogen (secondary N) is 2. The molecule has 1 fully saturated rings. The van der Waals surface area contributed by atoms with Crippen molar-refractivity contribution in [2.75, 3.05) is 23.4 Å². The van der Waals surface area contributed by atoms with Crippen LogP contribution in [0.15, 0.2) is 36.9 Å². The minimum atomic E-state index is -5.00. The first-order valence-electron chi connectivity index (χ1n) is 12.9. The fraction of sp³-hybridized carbons (Fsp3) is 0.440. The van der Waals surface area contributed by atoms with Crippen molar-refractivity contribution in [2.45, 2.75) is 51.1 Å². The van der Waals surface area contributed by atoms with Gasteiger partial charge in [0, 0.05) is 50.6 Å². The van der Waals surface area contributed by atoms with Crippen molar-refractivity contribution in [1.29, 1.82) is 0 Å². The number of thioether (sulfide) groups is 1. The Morgan fingerprint density at radius 3 is 2.41 bits per heavy atom. The molecule has 3 heterocycles. The molecule has 44 heavy (non-hydrogen) atoms. The Labute approximate surface area is 251 Å². The molecule has 0 spiro atoms. The molecule has 1 aliphatic rings. The molecule has 4 rings (SSSR count). The van der Waals surface area contributed by atoms with Gasteiger partial charge in [-0.15, -0.1) is 0 Å². The maximum Gasteiger partial charge on any atom is 0.471 e. The first-order chi connectivity index (χ1) is 20.8. The molecule has 1 amide bonds. The van der Waals surface area contributed by atoms with E-state index in [1.54, 1.807) is 17.4 Å². The Balaban J connectivity index is 1.52. The number of carbonyl (C=O) groups excluding carboxylic acids is 3. The van der Waals surface area contributed by atoms with Gasteiger partial charge in [-0.1, -0.05) is 12.1 Å². The molecule has 0 radical (unpaired) electrons. The zero-order valence-corrected chi connectivity index (χ0v) is 24.0. The summed E-state index contributed by atoms with van der Waals surface area (Å²) in [6.07, 6.45) is -6.52. The van der Waals surface area contributed by atoms with Gasteiger partial charge in [-0.05, 0) is 5.56 Å². The van der Waals surface area contributed by atoms with Crippen LogP contribution >= 0.6 is 11.8 Å². The number of non-ortho nitro benzene ring substituents is 1. The van der Waals surface area contributed by atoms with Crippen LogP contribution in [0.25, 0.3) is 11.2 Å². The monoisotopic (exact) mass is 641 g/mol. The molecular weight excluding hydrogens is 615 g/mol. The van der Waals surface area contributed by atoms with Crippen molar-refractivity contribution in [1.82, 2.24) is 24.8 Å². The molecular formula is C25H26F3N7O8S. The second kappa shape index (κ2) is 13.8. The first-order valence-corrected chi connectivity index (χ1v) is 14.1. The molecule has 1 aliphatic heterocycles. The van der Waals surface area contributed by atoms with Crippen LogP contribution in [0.1, 0.15) is 25.6 Å². The van der Waals surface area contributed by atoms with Crippen molar-refractivity contribution in [3.05, 3.63) is 52.6 Å². The first kappa shape index (κ1) is 32.4. The van der Waals surface area contributed by atoms with Crippen molar-refractivity contribution in [3.8, 4) is 0 Å². The van der Waals surface area contributed by atoms with E-state index in [0.717, 1.165) is 24.2 Å². The predicted molar refractivity (Wildman–Crippen MR) is 147 cm³/mol. The third-order valence-corrected chi connectivity index (χ3v) is 7.26. The third kappa shape index (κ3) is 7.90. The molecule has 0 bridgehead atoms. The Morgan fingerprint density at radius 1 is 1.09 bits per heavy atom. The summed E-state index contributed by atoms with van der Waals surface area (Å²) in [4.78, 5) is 58.3. The highest BCUT2D eigenvalue weighted by molar-refractivity contribution is 7.99. The van der Waals surface area contributed by atoms with E-state index in [1.807, 2.05) is 0 Å². The van der Waals surface area contributed by atoms with Gasteiger partial charge in [0.25, 0.3) is 5.69 Å². The number of ether oxygens (including phenoxy) is 3. The van der Waals surface area contributed by atoms with E-state index < -0.39 is 53.5 Å². The maximum absolute atomic E-state index is 12.4. The van der Waals surface area contributed by atoms with E-state index >= 15 is 0 Å². The molecule has 236 valence electrons. The van der Waals surface area contributed by atoms with Crippen molar-refractivity contribution in [3.63, 3.8) is 0 Å². The SMILES string of the molecule is CC(=O)O[C@@H]1[C@H](OC(C)=O)[C@@H](CSCCNC(=O)C(F)(F)F)O[C@H]1n1cnc2c(NCc3ccc([N+](=O)[O-])cc3)ncnc21. The average Bonchev–Trinajstić information content (AvgIpc) is 3.52. The number of rotatable bonds is 12. The largest absolute Gasteiger partial charge is 0.471 e. The van der Waals surface area contributed by atoms with Crippen molar-refractivity contribution >= 4 is 52.3 Å². The number of esters is 2. The Kier molecular flexibility index (Phi) is 10.2. The van der Waals surface area contributed by atoms with Crippen LogP contribution in [0.3, 0.4) is 0 Å². The molecule has 0 saturated carbocycles. The number of imidazole rings is 1. The molecule has 3 aromatic rings. The number of nitro benzene ring substituents is 1. The van der Waals surface area contributed by atoms with Gasteiger partial charge in [-0.3, -0.25) is 29.1 Å². The molecule has 4 atom stereocenters. The lowest BCUT2D eigenvalue weighted by Gasteiger charge is -2.23. The fourth-order valence-corrected chi connectivity index (χ4v) is 5.26. The molecule has 2 aromatic heterocycles. The number of hydrogen-bond acceptors (Lipinski definition) is 13. The minimum absolute atomic E-state index is 0.0483. The van der Waals surface area contributed by atoms with Gasteiger partial charge >= 0.3 is 24.0 Å². The summed E-state index contributed by atoms with van der Waals surface area (Å²) in [5, 5.41) is 15.8. The van der Waals surface area contributed by atoms with Crippen LogP contribution in [-0.4, -0.2) is 84.8 Å². The zero-order chi connectivity index (χ0) is 32.0. The number of nitrogens with zero attached hydrogens (tertiary/aromatic N) is 5. The number of nitro groups is 1. The number of aromatic nitrogens is 4. The normalized spacial score (nSPS) is 19.8. The van der Waals surface area contributed by atoms with Crippen LogP contribution in [0, 0.1) is 10.1 Å².